The van der Waals surface area contributed by atoms with Crippen molar-refractivity contribution in [2.24, 2.45) is 0 Å². The van der Waals surface area contributed by atoms with Gasteiger partial charge in [-0.25, -0.2) is 4.39 Å². The highest BCUT2D eigenvalue weighted by Crippen LogP contribution is 2.08. The van der Waals surface area contributed by atoms with Crippen molar-refractivity contribution in [1.29, 1.82) is 0 Å². The number of Topliss-reactive ketones (excluding diaryl/α,β-unsaturated/α-hetero) is 1. The summed E-state index contributed by atoms with van der Waals surface area (Å²) in [7, 11) is 0. The Hall–Kier alpha value is -1.18. The van der Waals surface area contributed by atoms with E-state index in [-0.39, 0.29) is 12.2 Å². The van der Waals surface area contributed by atoms with Crippen LogP contribution in [0, 0.1) is 0 Å². The van der Waals surface area contributed by atoms with Gasteiger partial charge in [0.2, 0.25) is 0 Å². The first-order valence-corrected chi connectivity index (χ1v) is 4.36. The number of ketones is 1. The van der Waals surface area contributed by atoms with Crippen LogP contribution >= 0.6 is 0 Å². The number of benzene rings is 1. The van der Waals surface area contributed by atoms with E-state index in [2.05, 4.69) is 0 Å². The topological polar surface area (TPSA) is 17.1 Å². The molecule has 1 unspecified atom stereocenters. The molecule has 0 bridgehead atoms. The van der Waals surface area contributed by atoms with Crippen molar-refractivity contribution >= 4 is 5.78 Å². The molecule has 0 N–H and O–H groups in total. The van der Waals surface area contributed by atoms with E-state index >= 15 is 0 Å². The number of hydrogen-bond acceptors (Lipinski definition) is 1. The third-order valence-corrected chi connectivity index (χ3v) is 1.81. The van der Waals surface area contributed by atoms with Crippen molar-refractivity contribution in [3.8, 4) is 0 Å². The lowest BCUT2D eigenvalue weighted by atomic mass is 10.1. The van der Waals surface area contributed by atoms with E-state index in [0.717, 1.165) is 5.56 Å². The number of halogens is 1. The Morgan fingerprint density at radius 2 is 2.00 bits per heavy atom. The van der Waals surface area contributed by atoms with Gasteiger partial charge in [0, 0.05) is 12.8 Å². The molecule has 0 aromatic heterocycles. The minimum Gasteiger partial charge on any atom is -0.300 e. The Labute approximate surface area is 77.6 Å². The van der Waals surface area contributed by atoms with Crippen LogP contribution in [0.3, 0.4) is 0 Å². The standard InChI is InChI=1S/C11H13FO/c1-9(13)7-11(12)8-10-5-3-2-4-6-10/h2-6,11H,7-8H2,1H3. The van der Waals surface area contributed by atoms with Gasteiger partial charge in [0.15, 0.2) is 0 Å². The Bertz CT molecular complexity index is 269. The molecule has 0 heterocycles. The van der Waals surface area contributed by atoms with Crippen LogP contribution in [0.15, 0.2) is 30.3 Å². The number of carbonyl (C=O) groups excluding carboxylic acids is 1. The van der Waals surface area contributed by atoms with Crippen LogP contribution in [0.5, 0.6) is 0 Å². The summed E-state index contributed by atoms with van der Waals surface area (Å²) >= 11 is 0. The van der Waals surface area contributed by atoms with Gasteiger partial charge in [-0.2, -0.15) is 0 Å². The molecule has 0 amide bonds. The van der Waals surface area contributed by atoms with Crippen LogP contribution in [0.2, 0.25) is 0 Å². The summed E-state index contributed by atoms with van der Waals surface area (Å²) in [5.74, 6) is -0.0940. The van der Waals surface area contributed by atoms with Crippen molar-refractivity contribution in [1.82, 2.24) is 0 Å². The largest absolute Gasteiger partial charge is 0.300 e. The Morgan fingerprint density at radius 1 is 1.38 bits per heavy atom. The first kappa shape index (κ1) is 9.90. The lowest BCUT2D eigenvalue weighted by Crippen LogP contribution is -2.09. The van der Waals surface area contributed by atoms with Crippen LogP contribution in [0.1, 0.15) is 18.9 Å². The molecule has 1 rings (SSSR count). The van der Waals surface area contributed by atoms with E-state index in [1.165, 1.54) is 6.92 Å². The van der Waals surface area contributed by atoms with Crippen LogP contribution in [-0.4, -0.2) is 12.0 Å². The SMILES string of the molecule is CC(=O)CC(F)Cc1ccccc1. The Balaban J connectivity index is 2.45. The van der Waals surface area contributed by atoms with Crippen molar-refractivity contribution in [3.63, 3.8) is 0 Å². The number of carbonyl (C=O) groups is 1. The van der Waals surface area contributed by atoms with E-state index in [1.807, 2.05) is 30.3 Å². The fraction of sp³-hybridized carbons (Fsp3) is 0.364. The highest BCUT2D eigenvalue weighted by molar-refractivity contribution is 5.75. The van der Waals surface area contributed by atoms with Gasteiger partial charge in [-0.05, 0) is 12.5 Å². The van der Waals surface area contributed by atoms with Crippen LogP contribution < -0.4 is 0 Å². The lowest BCUT2D eigenvalue weighted by molar-refractivity contribution is -0.118. The molecule has 70 valence electrons. The van der Waals surface area contributed by atoms with E-state index in [4.69, 9.17) is 0 Å². The normalized spacial score (nSPS) is 12.5. The van der Waals surface area contributed by atoms with Gasteiger partial charge < -0.3 is 0 Å². The average molecular weight is 180 g/mol. The van der Waals surface area contributed by atoms with Crippen LogP contribution in [-0.2, 0) is 11.2 Å². The molecule has 0 aliphatic heterocycles. The van der Waals surface area contributed by atoms with Gasteiger partial charge in [-0.3, -0.25) is 4.79 Å². The highest BCUT2D eigenvalue weighted by atomic mass is 19.1. The minimum absolute atomic E-state index is 0.0227. The molecule has 0 spiro atoms. The average Bonchev–Trinajstić information content (AvgIpc) is 2.04. The Kier molecular flexibility index (Phi) is 3.62. The molecule has 13 heavy (non-hydrogen) atoms. The predicted octanol–water partition coefficient (Wildman–Crippen LogP) is 2.55. The maximum Gasteiger partial charge on any atom is 0.132 e. The molecule has 2 heteroatoms. The monoisotopic (exact) mass is 180 g/mol. The number of rotatable bonds is 4. The highest BCUT2D eigenvalue weighted by Gasteiger charge is 2.09. The van der Waals surface area contributed by atoms with Gasteiger partial charge in [0.1, 0.15) is 12.0 Å². The molecule has 1 atom stereocenters. The quantitative estimate of drug-likeness (QED) is 0.696. The minimum atomic E-state index is -1.04. The second-order valence-corrected chi connectivity index (χ2v) is 3.19. The van der Waals surface area contributed by atoms with Gasteiger partial charge >= 0.3 is 0 Å². The van der Waals surface area contributed by atoms with Crippen molar-refractivity contribution < 1.29 is 9.18 Å². The zero-order chi connectivity index (χ0) is 9.68. The molecule has 0 saturated heterocycles. The van der Waals surface area contributed by atoms with E-state index in [1.54, 1.807) is 0 Å². The summed E-state index contributed by atoms with van der Waals surface area (Å²) in [6.07, 6.45) is -0.685. The maximum absolute atomic E-state index is 13.1. The smallest absolute Gasteiger partial charge is 0.132 e. The summed E-state index contributed by atoms with van der Waals surface area (Å²) < 4.78 is 13.1. The predicted molar refractivity (Wildman–Crippen MR) is 50.3 cm³/mol. The number of alkyl halides is 1. The second-order valence-electron chi connectivity index (χ2n) is 3.19. The van der Waals surface area contributed by atoms with Gasteiger partial charge in [0.25, 0.3) is 0 Å². The van der Waals surface area contributed by atoms with E-state index in [0.29, 0.717) is 6.42 Å². The molecule has 0 fully saturated rings. The third-order valence-electron chi connectivity index (χ3n) is 1.81. The molecule has 0 saturated carbocycles. The van der Waals surface area contributed by atoms with E-state index < -0.39 is 6.17 Å². The second kappa shape index (κ2) is 4.75. The van der Waals surface area contributed by atoms with Crippen LogP contribution in [0.25, 0.3) is 0 Å². The van der Waals surface area contributed by atoms with Crippen molar-refractivity contribution in [3.05, 3.63) is 35.9 Å². The molecule has 1 nitrogen and oxygen atoms in total. The van der Waals surface area contributed by atoms with Crippen LogP contribution in [0.4, 0.5) is 4.39 Å². The van der Waals surface area contributed by atoms with Gasteiger partial charge in [-0.15, -0.1) is 0 Å². The number of hydrogen-bond donors (Lipinski definition) is 0. The summed E-state index contributed by atoms with van der Waals surface area (Å²) in [6.45, 7) is 1.41. The zero-order valence-corrected chi connectivity index (χ0v) is 7.66. The fourth-order valence-electron chi connectivity index (χ4n) is 1.25. The third kappa shape index (κ3) is 3.83. The summed E-state index contributed by atoms with van der Waals surface area (Å²) in [4.78, 5) is 10.6. The van der Waals surface area contributed by atoms with Crippen molar-refractivity contribution in [2.75, 3.05) is 0 Å². The maximum atomic E-state index is 13.1. The van der Waals surface area contributed by atoms with Gasteiger partial charge in [0.05, 0.1) is 0 Å². The fourth-order valence-corrected chi connectivity index (χ4v) is 1.25. The first-order valence-electron chi connectivity index (χ1n) is 4.36. The zero-order valence-electron chi connectivity index (χ0n) is 7.66. The molecule has 0 radical (unpaired) electrons. The molecular weight excluding hydrogens is 167 g/mol. The molecule has 0 aliphatic rings. The Morgan fingerprint density at radius 3 is 2.54 bits per heavy atom. The molecule has 1 aromatic carbocycles. The first-order chi connectivity index (χ1) is 6.18. The molecule has 0 aliphatic carbocycles. The van der Waals surface area contributed by atoms with E-state index in [9.17, 15) is 9.18 Å². The summed E-state index contributed by atoms with van der Waals surface area (Å²) in [5.41, 5.74) is 0.941. The summed E-state index contributed by atoms with van der Waals surface area (Å²) in [6, 6.07) is 9.37. The van der Waals surface area contributed by atoms with Gasteiger partial charge in [-0.1, -0.05) is 30.3 Å². The molecular formula is C11H13FO. The van der Waals surface area contributed by atoms with Crippen molar-refractivity contribution in [2.45, 2.75) is 25.9 Å². The lowest BCUT2D eigenvalue weighted by Gasteiger charge is -2.05. The summed E-state index contributed by atoms with van der Waals surface area (Å²) in [5, 5.41) is 0. The molecule has 1 aromatic rings.